The minimum Gasteiger partial charge on any atom is -0.472 e. The molecule has 1 unspecified atom stereocenters. The predicted octanol–water partition coefficient (Wildman–Crippen LogP) is 1.92. The summed E-state index contributed by atoms with van der Waals surface area (Å²) in [7, 11) is 0. The number of hydrogen-bond acceptors (Lipinski definition) is 2. The first-order valence-corrected chi connectivity index (χ1v) is 5.43. The molecule has 88 valence electrons. The maximum absolute atomic E-state index is 12.6. The van der Waals surface area contributed by atoms with Gasteiger partial charge >= 0.3 is 6.03 Å². The molecule has 1 aromatic heterocycles. The van der Waals surface area contributed by atoms with Gasteiger partial charge in [0, 0.05) is 18.7 Å². The number of furan rings is 1. The Morgan fingerprint density at radius 2 is 2.56 bits per heavy atom. The van der Waals surface area contributed by atoms with Gasteiger partial charge in [-0.15, -0.1) is 0 Å². The first kappa shape index (κ1) is 11.0. The Labute approximate surface area is 93.4 Å². The number of nitrogens with zero attached hydrogens (tertiary/aromatic N) is 1. The van der Waals surface area contributed by atoms with Gasteiger partial charge in [0.05, 0.1) is 18.6 Å². The van der Waals surface area contributed by atoms with Gasteiger partial charge in [0.2, 0.25) is 0 Å². The lowest BCUT2D eigenvalue weighted by molar-refractivity contribution is 0.182. The normalized spacial score (nSPS) is 20.1. The van der Waals surface area contributed by atoms with Gasteiger partial charge in [-0.05, 0) is 18.9 Å². The molecule has 1 aliphatic rings. The van der Waals surface area contributed by atoms with Crippen molar-refractivity contribution in [3.63, 3.8) is 0 Å². The molecule has 2 heterocycles. The van der Waals surface area contributed by atoms with Gasteiger partial charge < -0.3 is 14.6 Å². The van der Waals surface area contributed by atoms with Gasteiger partial charge in [0.15, 0.2) is 0 Å². The molecule has 4 nitrogen and oxygen atoms in total. The van der Waals surface area contributed by atoms with E-state index in [1.807, 2.05) is 0 Å². The van der Waals surface area contributed by atoms with E-state index in [0.29, 0.717) is 13.1 Å². The SMILES string of the molecule is O=C(NCc1ccoc1)N1CCCC1CF. The lowest BCUT2D eigenvalue weighted by atomic mass is 10.2. The number of urea groups is 1. The summed E-state index contributed by atoms with van der Waals surface area (Å²) in [4.78, 5) is 13.3. The van der Waals surface area contributed by atoms with Gasteiger partial charge in [-0.25, -0.2) is 9.18 Å². The number of nitrogens with one attached hydrogen (secondary N) is 1. The minimum absolute atomic E-state index is 0.193. The Balaban J connectivity index is 1.83. The van der Waals surface area contributed by atoms with E-state index in [1.165, 1.54) is 0 Å². The molecule has 0 aromatic carbocycles. The second-order valence-electron chi connectivity index (χ2n) is 3.93. The van der Waals surface area contributed by atoms with E-state index in [9.17, 15) is 9.18 Å². The van der Waals surface area contributed by atoms with E-state index >= 15 is 0 Å². The number of halogens is 1. The maximum atomic E-state index is 12.6. The van der Waals surface area contributed by atoms with Gasteiger partial charge in [-0.3, -0.25) is 0 Å². The average molecular weight is 226 g/mol. The molecular formula is C11H15FN2O2. The third kappa shape index (κ3) is 2.35. The molecule has 5 heteroatoms. The Bertz CT molecular complexity index is 340. The number of hydrogen-bond donors (Lipinski definition) is 1. The molecule has 0 spiro atoms. The van der Waals surface area contributed by atoms with Crippen molar-refractivity contribution < 1.29 is 13.6 Å². The third-order valence-corrected chi connectivity index (χ3v) is 2.84. The highest BCUT2D eigenvalue weighted by Gasteiger charge is 2.28. The van der Waals surface area contributed by atoms with Crippen LogP contribution in [-0.4, -0.2) is 30.2 Å². The van der Waals surface area contributed by atoms with Crippen molar-refractivity contribution in [3.8, 4) is 0 Å². The Kier molecular flexibility index (Phi) is 3.44. The largest absolute Gasteiger partial charge is 0.472 e. The highest BCUT2D eigenvalue weighted by molar-refractivity contribution is 5.74. The standard InChI is InChI=1S/C11H15FN2O2/c12-6-10-2-1-4-14(10)11(15)13-7-9-3-5-16-8-9/h3,5,8,10H,1-2,4,6-7H2,(H,13,15). The quantitative estimate of drug-likeness (QED) is 0.855. The molecule has 1 atom stereocenters. The summed E-state index contributed by atoms with van der Waals surface area (Å²) in [5, 5.41) is 2.75. The van der Waals surface area contributed by atoms with Crippen LogP contribution in [0, 0.1) is 0 Å². The molecule has 1 aliphatic heterocycles. The van der Waals surface area contributed by atoms with Crippen LogP contribution in [0.2, 0.25) is 0 Å². The van der Waals surface area contributed by atoms with Crippen molar-refractivity contribution in [2.24, 2.45) is 0 Å². The van der Waals surface area contributed by atoms with Gasteiger partial charge in [0.1, 0.15) is 6.67 Å². The highest BCUT2D eigenvalue weighted by Crippen LogP contribution is 2.17. The fourth-order valence-electron chi connectivity index (χ4n) is 1.94. The number of carbonyl (C=O) groups is 1. The third-order valence-electron chi connectivity index (χ3n) is 2.84. The second kappa shape index (κ2) is 5.01. The van der Waals surface area contributed by atoms with E-state index in [-0.39, 0.29) is 12.1 Å². The summed E-state index contributed by atoms with van der Waals surface area (Å²) in [6, 6.07) is 1.35. The van der Waals surface area contributed by atoms with Crippen LogP contribution in [0.15, 0.2) is 23.0 Å². The van der Waals surface area contributed by atoms with Crippen LogP contribution in [0.4, 0.5) is 9.18 Å². The first-order valence-electron chi connectivity index (χ1n) is 5.43. The first-order chi connectivity index (χ1) is 7.81. The number of rotatable bonds is 3. The molecule has 1 N–H and O–H groups in total. The average Bonchev–Trinajstić information content (AvgIpc) is 2.96. The van der Waals surface area contributed by atoms with Crippen molar-refractivity contribution in [3.05, 3.63) is 24.2 Å². The molecule has 0 aliphatic carbocycles. The second-order valence-corrected chi connectivity index (χ2v) is 3.93. The summed E-state index contributed by atoms with van der Waals surface area (Å²) in [6.45, 7) is 0.607. The van der Waals surface area contributed by atoms with Gasteiger partial charge in [0.25, 0.3) is 0 Å². The fraction of sp³-hybridized carbons (Fsp3) is 0.545. The van der Waals surface area contributed by atoms with Crippen molar-refractivity contribution in [2.75, 3.05) is 13.2 Å². The van der Waals surface area contributed by atoms with E-state index in [4.69, 9.17) is 4.42 Å². The summed E-state index contributed by atoms with van der Waals surface area (Å²) >= 11 is 0. The number of likely N-dealkylation sites (tertiary alicyclic amines) is 1. The molecular weight excluding hydrogens is 211 g/mol. The molecule has 0 radical (unpaired) electrons. The van der Waals surface area contributed by atoms with Crippen molar-refractivity contribution in [1.29, 1.82) is 0 Å². The van der Waals surface area contributed by atoms with Crippen LogP contribution >= 0.6 is 0 Å². The molecule has 1 aromatic rings. The van der Waals surface area contributed by atoms with Crippen LogP contribution in [-0.2, 0) is 6.54 Å². The predicted molar refractivity (Wildman–Crippen MR) is 56.6 cm³/mol. The number of alkyl halides is 1. The molecule has 1 fully saturated rings. The van der Waals surface area contributed by atoms with E-state index in [0.717, 1.165) is 18.4 Å². The van der Waals surface area contributed by atoms with E-state index in [2.05, 4.69) is 5.32 Å². The van der Waals surface area contributed by atoms with Crippen molar-refractivity contribution in [2.45, 2.75) is 25.4 Å². The monoisotopic (exact) mass is 226 g/mol. The molecule has 2 rings (SSSR count). The Morgan fingerprint density at radius 1 is 1.69 bits per heavy atom. The van der Waals surface area contributed by atoms with Crippen LogP contribution in [0.25, 0.3) is 0 Å². The summed E-state index contributed by atoms with van der Waals surface area (Å²) in [5.74, 6) is 0. The summed E-state index contributed by atoms with van der Waals surface area (Å²) in [5.41, 5.74) is 0.907. The Morgan fingerprint density at radius 3 is 3.25 bits per heavy atom. The minimum atomic E-state index is -0.459. The zero-order valence-corrected chi connectivity index (χ0v) is 8.99. The molecule has 1 saturated heterocycles. The molecule has 0 bridgehead atoms. The number of carbonyl (C=O) groups excluding carboxylic acids is 1. The topological polar surface area (TPSA) is 45.5 Å². The smallest absolute Gasteiger partial charge is 0.318 e. The fourth-order valence-corrected chi connectivity index (χ4v) is 1.94. The zero-order chi connectivity index (χ0) is 11.4. The van der Waals surface area contributed by atoms with Gasteiger partial charge in [-0.1, -0.05) is 0 Å². The van der Waals surface area contributed by atoms with Crippen LogP contribution in [0.5, 0.6) is 0 Å². The molecule has 16 heavy (non-hydrogen) atoms. The lowest BCUT2D eigenvalue weighted by Crippen LogP contribution is -2.43. The van der Waals surface area contributed by atoms with Crippen LogP contribution in [0.1, 0.15) is 18.4 Å². The summed E-state index contributed by atoms with van der Waals surface area (Å²) in [6.07, 6.45) is 4.78. The zero-order valence-electron chi connectivity index (χ0n) is 8.99. The highest BCUT2D eigenvalue weighted by atomic mass is 19.1. The van der Waals surface area contributed by atoms with Crippen molar-refractivity contribution in [1.82, 2.24) is 10.2 Å². The van der Waals surface area contributed by atoms with Crippen molar-refractivity contribution >= 4 is 6.03 Å². The van der Waals surface area contributed by atoms with Gasteiger partial charge in [-0.2, -0.15) is 0 Å². The number of amides is 2. The van der Waals surface area contributed by atoms with Crippen LogP contribution < -0.4 is 5.32 Å². The maximum Gasteiger partial charge on any atom is 0.318 e. The van der Waals surface area contributed by atoms with E-state index < -0.39 is 6.67 Å². The van der Waals surface area contributed by atoms with E-state index in [1.54, 1.807) is 23.5 Å². The molecule has 0 saturated carbocycles. The van der Waals surface area contributed by atoms with Crippen LogP contribution in [0.3, 0.4) is 0 Å². The Hall–Kier alpha value is -1.52. The lowest BCUT2D eigenvalue weighted by Gasteiger charge is -2.22. The molecule has 2 amide bonds. The summed E-state index contributed by atoms with van der Waals surface area (Å²) < 4.78 is 17.5.